The molecule has 1 amide bonds. The van der Waals surface area contributed by atoms with Gasteiger partial charge in [-0.05, 0) is 45.9 Å². The lowest BCUT2D eigenvalue weighted by Gasteiger charge is -2.34. The Morgan fingerprint density at radius 2 is 2.10 bits per heavy atom. The number of carbonyl (C=O) groups is 1. The summed E-state index contributed by atoms with van der Waals surface area (Å²) in [5, 5.41) is 3.25. The maximum Gasteiger partial charge on any atom is 0.263 e. The van der Waals surface area contributed by atoms with Crippen LogP contribution in [0.4, 0.5) is 0 Å². The van der Waals surface area contributed by atoms with Gasteiger partial charge < -0.3 is 15.0 Å². The quantitative estimate of drug-likeness (QED) is 0.914. The van der Waals surface area contributed by atoms with Crippen LogP contribution in [-0.4, -0.2) is 43.1 Å². The van der Waals surface area contributed by atoms with Crippen molar-refractivity contribution in [2.75, 3.05) is 20.1 Å². The van der Waals surface area contributed by atoms with Crippen LogP contribution < -0.4 is 10.1 Å². The average Bonchev–Trinajstić information content (AvgIpc) is 2.48. The van der Waals surface area contributed by atoms with Crippen LogP contribution in [0.15, 0.2) is 24.3 Å². The van der Waals surface area contributed by atoms with Crippen molar-refractivity contribution in [3.8, 4) is 5.75 Å². The van der Waals surface area contributed by atoms with Crippen LogP contribution in [-0.2, 0) is 4.79 Å². The summed E-state index contributed by atoms with van der Waals surface area (Å²) in [5.41, 5.74) is 1.18. The van der Waals surface area contributed by atoms with Gasteiger partial charge in [0, 0.05) is 19.1 Å². The molecule has 110 valence electrons. The average molecular weight is 276 g/mol. The van der Waals surface area contributed by atoms with Crippen molar-refractivity contribution in [2.24, 2.45) is 0 Å². The Hall–Kier alpha value is -1.55. The molecule has 20 heavy (non-hydrogen) atoms. The van der Waals surface area contributed by atoms with E-state index in [0.29, 0.717) is 6.04 Å². The molecule has 1 fully saturated rings. The Morgan fingerprint density at radius 3 is 2.75 bits per heavy atom. The summed E-state index contributed by atoms with van der Waals surface area (Å²) in [5.74, 6) is 0.823. The molecule has 0 bridgehead atoms. The van der Waals surface area contributed by atoms with Crippen LogP contribution in [0.5, 0.6) is 5.75 Å². The normalized spacial score (nSPS) is 20.6. The molecule has 0 radical (unpaired) electrons. The predicted octanol–water partition coefficient (Wildman–Crippen LogP) is 1.97. The number of nitrogens with one attached hydrogen (secondary N) is 1. The largest absolute Gasteiger partial charge is 0.481 e. The van der Waals surface area contributed by atoms with Gasteiger partial charge in [-0.15, -0.1) is 0 Å². The van der Waals surface area contributed by atoms with Gasteiger partial charge in [0.25, 0.3) is 5.91 Å². The van der Waals surface area contributed by atoms with Gasteiger partial charge in [0.05, 0.1) is 0 Å². The number of carbonyl (C=O) groups excluding carboxylic acids is 1. The van der Waals surface area contributed by atoms with E-state index < -0.39 is 6.10 Å². The zero-order chi connectivity index (χ0) is 14.5. The van der Waals surface area contributed by atoms with Crippen molar-refractivity contribution in [1.82, 2.24) is 10.2 Å². The second-order valence-electron chi connectivity index (χ2n) is 5.49. The predicted molar refractivity (Wildman–Crippen MR) is 79.9 cm³/mol. The van der Waals surface area contributed by atoms with E-state index in [1.165, 1.54) is 5.56 Å². The van der Waals surface area contributed by atoms with Crippen LogP contribution in [0, 0.1) is 6.92 Å². The number of benzene rings is 1. The molecule has 1 aromatic carbocycles. The summed E-state index contributed by atoms with van der Waals surface area (Å²) in [6.45, 7) is 5.46. The van der Waals surface area contributed by atoms with Gasteiger partial charge >= 0.3 is 0 Å². The zero-order valence-corrected chi connectivity index (χ0v) is 12.6. The van der Waals surface area contributed by atoms with Crippen molar-refractivity contribution < 1.29 is 9.53 Å². The smallest absolute Gasteiger partial charge is 0.263 e. The minimum atomic E-state index is -0.437. The molecule has 1 aliphatic rings. The van der Waals surface area contributed by atoms with Crippen molar-refractivity contribution in [3.05, 3.63) is 29.8 Å². The fraction of sp³-hybridized carbons (Fsp3) is 0.562. The summed E-state index contributed by atoms with van der Waals surface area (Å²) in [4.78, 5) is 14.3. The monoisotopic (exact) mass is 276 g/mol. The van der Waals surface area contributed by atoms with Crippen molar-refractivity contribution in [2.45, 2.75) is 38.8 Å². The van der Waals surface area contributed by atoms with Crippen LogP contribution in [0.2, 0.25) is 0 Å². The van der Waals surface area contributed by atoms with E-state index in [0.717, 1.165) is 31.7 Å². The molecule has 1 saturated heterocycles. The number of likely N-dealkylation sites (tertiary alicyclic amines) is 1. The minimum Gasteiger partial charge on any atom is -0.481 e. The first-order valence-electron chi connectivity index (χ1n) is 7.29. The summed E-state index contributed by atoms with van der Waals surface area (Å²) >= 11 is 0. The third-order valence-electron chi connectivity index (χ3n) is 3.82. The maximum atomic E-state index is 12.4. The van der Waals surface area contributed by atoms with E-state index in [-0.39, 0.29) is 5.91 Å². The first-order valence-corrected chi connectivity index (χ1v) is 7.29. The number of nitrogens with zero attached hydrogens (tertiary/aromatic N) is 1. The first-order chi connectivity index (χ1) is 9.60. The lowest BCUT2D eigenvalue weighted by molar-refractivity contribution is -0.139. The highest BCUT2D eigenvalue weighted by Gasteiger charge is 2.27. The molecule has 1 aliphatic heterocycles. The zero-order valence-electron chi connectivity index (χ0n) is 12.6. The highest BCUT2D eigenvalue weighted by Crippen LogP contribution is 2.16. The maximum absolute atomic E-state index is 12.4. The molecule has 4 heteroatoms. The van der Waals surface area contributed by atoms with Gasteiger partial charge in [0.2, 0.25) is 0 Å². The Balaban J connectivity index is 1.92. The number of ether oxygens (including phenoxy) is 1. The van der Waals surface area contributed by atoms with Gasteiger partial charge in [-0.3, -0.25) is 4.79 Å². The van der Waals surface area contributed by atoms with Gasteiger partial charge in [0.15, 0.2) is 6.10 Å². The molecular weight excluding hydrogens is 252 g/mol. The Bertz CT molecular complexity index is 444. The standard InChI is InChI=1S/C16H24N2O2/c1-12-6-8-15(9-7-12)20-13(2)16(19)18-10-4-5-14(11-18)17-3/h6-9,13-14,17H,4-5,10-11H2,1-3H3. The molecule has 0 aromatic heterocycles. The Kier molecular flexibility index (Phi) is 5.01. The lowest BCUT2D eigenvalue weighted by atomic mass is 10.1. The highest BCUT2D eigenvalue weighted by atomic mass is 16.5. The molecule has 1 N–H and O–H groups in total. The van der Waals surface area contributed by atoms with Crippen LogP contribution in [0.1, 0.15) is 25.3 Å². The molecule has 0 spiro atoms. The molecule has 2 atom stereocenters. The molecule has 2 rings (SSSR count). The fourth-order valence-corrected chi connectivity index (χ4v) is 2.54. The van der Waals surface area contributed by atoms with Gasteiger partial charge in [-0.1, -0.05) is 17.7 Å². The Morgan fingerprint density at radius 1 is 1.40 bits per heavy atom. The van der Waals surface area contributed by atoms with Gasteiger partial charge in [-0.2, -0.15) is 0 Å². The molecule has 2 unspecified atom stereocenters. The second kappa shape index (κ2) is 6.75. The summed E-state index contributed by atoms with van der Waals surface area (Å²) in [6, 6.07) is 8.20. The van der Waals surface area contributed by atoms with E-state index >= 15 is 0 Å². The number of hydrogen-bond acceptors (Lipinski definition) is 3. The topological polar surface area (TPSA) is 41.6 Å². The fourth-order valence-electron chi connectivity index (χ4n) is 2.54. The molecule has 1 heterocycles. The van der Waals surface area contributed by atoms with E-state index in [4.69, 9.17) is 4.74 Å². The minimum absolute atomic E-state index is 0.0746. The molecule has 0 saturated carbocycles. The second-order valence-corrected chi connectivity index (χ2v) is 5.49. The van der Waals surface area contributed by atoms with Crippen molar-refractivity contribution in [1.29, 1.82) is 0 Å². The summed E-state index contributed by atoms with van der Waals surface area (Å²) < 4.78 is 5.74. The van der Waals surface area contributed by atoms with Gasteiger partial charge in [-0.25, -0.2) is 0 Å². The highest BCUT2D eigenvalue weighted by molar-refractivity contribution is 5.81. The Labute approximate surface area is 121 Å². The molecule has 0 aliphatic carbocycles. The summed E-state index contributed by atoms with van der Waals surface area (Å²) in [7, 11) is 1.95. The van der Waals surface area contributed by atoms with Crippen LogP contribution >= 0.6 is 0 Å². The number of aryl methyl sites for hydroxylation is 1. The number of amides is 1. The number of hydrogen-bond donors (Lipinski definition) is 1. The van der Waals surface area contributed by atoms with Crippen molar-refractivity contribution in [3.63, 3.8) is 0 Å². The van der Waals surface area contributed by atoms with Crippen LogP contribution in [0.25, 0.3) is 0 Å². The number of piperidine rings is 1. The molecule has 1 aromatic rings. The van der Waals surface area contributed by atoms with E-state index in [1.54, 1.807) is 0 Å². The van der Waals surface area contributed by atoms with Crippen LogP contribution in [0.3, 0.4) is 0 Å². The van der Waals surface area contributed by atoms with Gasteiger partial charge in [0.1, 0.15) is 5.75 Å². The first kappa shape index (κ1) is 14.9. The third kappa shape index (κ3) is 3.73. The SMILES string of the molecule is CNC1CCCN(C(=O)C(C)Oc2ccc(C)cc2)C1. The van der Waals surface area contributed by atoms with E-state index in [9.17, 15) is 4.79 Å². The summed E-state index contributed by atoms with van der Waals surface area (Å²) in [6.07, 6.45) is 1.75. The lowest BCUT2D eigenvalue weighted by Crippen LogP contribution is -2.50. The third-order valence-corrected chi connectivity index (χ3v) is 3.82. The van der Waals surface area contributed by atoms with E-state index in [1.807, 2.05) is 50.1 Å². The molecular formula is C16H24N2O2. The van der Waals surface area contributed by atoms with Crippen molar-refractivity contribution >= 4 is 5.91 Å². The molecule has 4 nitrogen and oxygen atoms in total. The number of rotatable bonds is 4. The number of likely N-dealkylation sites (N-methyl/N-ethyl adjacent to an activating group) is 1. The van der Waals surface area contributed by atoms with E-state index in [2.05, 4.69) is 5.32 Å².